The maximum absolute atomic E-state index is 9.93. The zero-order valence-corrected chi connectivity index (χ0v) is 7.79. The molecule has 0 amide bonds. The first-order chi connectivity index (χ1) is 5.77. The van der Waals surface area contributed by atoms with E-state index in [1.807, 2.05) is 0 Å². The number of hydrogen-bond donors (Lipinski definition) is 1. The van der Waals surface area contributed by atoms with Gasteiger partial charge in [-0.15, -0.1) is 0 Å². The van der Waals surface area contributed by atoms with Crippen LogP contribution in [0.4, 0.5) is 0 Å². The molecule has 0 aromatic carbocycles. The lowest BCUT2D eigenvalue weighted by molar-refractivity contribution is -0.00912. The van der Waals surface area contributed by atoms with Crippen molar-refractivity contribution in [1.29, 1.82) is 0 Å². The number of rotatable bonds is 2. The first-order valence-corrected chi connectivity index (χ1v) is 5.14. The third-order valence-electron chi connectivity index (χ3n) is 3.59. The summed E-state index contributed by atoms with van der Waals surface area (Å²) in [5, 5.41) is 9.93. The zero-order chi connectivity index (χ0) is 8.60. The molecule has 3 aliphatic carbocycles. The zero-order valence-electron chi connectivity index (χ0n) is 7.79. The van der Waals surface area contributed by atoms with Crippen LogP contribution in [-0.2, 0) is 0 Å². The molecule has 0 heterocycles. The highest BCUT2D eigenvalue weighted by Crippen LogP contribution is 2.48. The normalized spacial score (nSPS) is 45.2. The molecule has 3 rings (SSSR count). The molecule has 12 heavy (non-hydrogen) atoms. The Hall–Kier alpha value is -0.300. The quantitative estimate of drug-likeness (QED) is 0.625. The van der Waals surface area contributed by atoms with Crippen LogP contribution in [0, 0.1) is 11.3 Å². The summed E-state index contributed by atoms with van der Waals surface area (Å²) in [5.41, 5.74) is 0.170. The Morgan fingerprint density at radius 2 is 2.42 bits per heavy atom. The Morgan fingerprint density at radius 1 is 1.58 bits per heavy atom. The number of aliphatic hydroxyl groups excluding tert-OH is 1. The van der Waals surface area contributed by atoms with Gasteiger partial charge in [-0.1, -0.05) is 25.5 Å². The van der Waals surface area contributed by atoms with Gasteiger partial charge in [0.2, 0.25) is 0 Å². The van der Waals surface area contributed by atoms with E-state index in [-0.39, 0.29) is 11.5 Å². The summed E-state index contributed by atoms with van der Waals surface area (Å²) in [7, 11) is 0. The maximum Gasteiger partial charge on any atom is 0.0636 e. The molecule has 0 aromatic rings. The monoisotopic (exact) mass is 166 g/mol. The van der Waals surface area contributed by atoms with Crippen molar-refractivity contribution in [2.75, 3.05) is 0 Å². The minimum atomic E-state index is -0.0544. The molecule has 1 saturated carbocycles. The summed E-state index contributed by atoms with van der Waals surface area (Å²) >= 11 is 0. The molecule has 1 fully saturated rings. The Morgan fingerprint density at radius 3 is 2.92 bits per heavy atom. The Labute approximate surface area is 74.5 Å². The third kappa shape index (κ3) is 1.11. The van der Waals surface area contributed by atoms with Gasteiger partial charge in [-0.2, -0.15) is 0 Å². The first kappa shape index (κ1) is 8.31. The van der Waals surface area contributed by atoms with Crippen molar-refractivity contribution >= 4 is 0 Å². The van der Waals surface area contributed by atoms with Crippen LogP contribution in [0.3, 0.4) is 0 Å². The Bertz CT molecular complexity index is 197. The molecule has 1 heteroatoms. The van der Waals surface area contributed by atoms with Crippen molar-refractivity contribution in [2.45, 2.75) is 45.1 Å². The second kappa shape index (κ2) is 2.88. The van der Waals surface area contributed by atoms with Crippen LogP contribution in [0.2, 0.25) is 0 Å². The molecule has 68 valence electrons. The molecule has 0 aromatic heterocycles. The van der Waals surface area contributed by atoms with Crippen molar-refractivity contribution in [1.82, 2.24) is 0 Å². The SMILES string of the molecule is CCCC12C=CC(CC1)CC2O. The predicted molar refractivity (Wildman–Crippen MR) is 49.8 cm³/mol. The second-order valence-corrected chi connectivity index (χ2v) is 4.39. The van der Waals surface area contributed by atoms with Crippen molar-refractivity contribution in [2.24, 2.45) is 11.3 Å². The van der Waals surface area contributed by atoms with Gasteiger partial charge in [0, 0.05) is 5.41 Å². The summed E-state index contributed by atoms with van der Waals surface area (Å²) in [4.78, 5) is 0. The summed E-state index contributed by atoms with van der Waals surface area (Å²) in [6.45, 7) is 2.20. The smallest absolute Gasteiger partial charge is 0.0636 e. The van der Waals surface area contributed by atoms with E-state index in [0.717, 1.165) is 12.8 Å². The Balaban J connectivity index is 2.20. The van der Waals surface area contributed by atoms with Crippen LogP contribution in [0.25, 0.3) is 0 Å². The van der Waals surface area contributed by atoms with Crippen LogP contribution in [0.5, 0.6) is 0 Å². The van der Waals surface area contributed by atoms with E-state index < -0.39 is 0 Å². The Kier molecular flexibility index (Phi) is 1.99. The van der Waals surface area contributed by atoms with E-state index >= 15 is 0 Å². The van der Waals surface area contributed by atoms with Crippen LogP contribution in [0.1, 0.15) is 39.0 Å². The highest BCUT2D eigenvalue weighted by Gasteiger charge is 2.42. The lowest BCUT2D eigenvalue weighted by Gasteiger charge is -2.46. The fourth-order valence-electron chi connectivity index (χ4n) is 2.80. The lowest BCUT2D eigenvalue weighted by Crippen LogP contribution is -2.42. The summed E-state index contributed by atoms with van der Waals surface area (Å²) in [6.07, 6.45) is 10.4. The van der Waals surface area contributed by atoms with Gasteiger partial charge < -0.3 is 5.11 Å². The molecule has 3 atom stereocenters. The molecule has 0 spiro atoms. The highest BCUT2D eigenvalue weighted by atomic mass is 16.3. The number of allylic oxidation sites excluding steroid dienone is 1. The van der Waals surface area contributed by atoms with Crippen molar-refractivity contribution in [3.8, 4) is 0 Å². The van der Waals surface area contributed by atoms with Crippen molar-refractivity contribution < 1.29 is 5.11 Å². The fraction of sp³-hybridized carbons (Fsp3) is 0.818. The second-order valence-electron chi connectivity index (χ2n) is 4.39. The van der Waals surface area contributed by atoms with E-state index in [0.29, 0.717) is 5.92 Å². The highest BCUT2D eigenvalue weighted by molar-refractivity contribution is 5.14. The van der Waals surface area contributed by atoms with Crippen molar-refractivity contribution in [3.05, 3.63) is 12.2 Å². The average Bonchev–Trinajstić information content (AvgIpc) is 2.08. The average molecular weight is 166 g/mol. The first-order valence-electron chi connectivity index (χ1n) is 5.14. The molecule has 2 bridgehead atoms. The van der Waals surface area contributed by atoms with E-state index in [4.69, 9.17) is 0 Å². The molecule has 1 N–H and O–H groups in total. The fourth-order valence-corrected chi connectivity index (χ4v) is 2.80. The van der Waals surface area contributed by atoms with Crippen molar-refractivity contribution in [3.63, 3.8) is 0 Å². The van der Waals surface area contributed by atoms with Crippen LogP contribution in [-0.4, -0.2) is 11.2 Å². The van der Waals surface area contributed by atoms with Crippen LogP contribution >= 0.6 is 0 Å². The summed E-state index contributed by atoms with van der Waals surface area (Å²) < 4.78 is 0. The molecular weight excluding hydrogens is 148 g/mol. The third-order valence-corrected chi connectivity index (χ3v) is 3.59. The summed E-state index contributed by atoms with van der Waals surface area (Å²) in [6, 6.07) is 0. The molecule has 0 radical (unpaired) electrons. The van der Waals surface area contributed by atoms with Crippen LogP contribution in [0.15, 0.2) is 12.2 Å². The molecule has 0 aliphatic heterocycles. The molecular formula is C11H18O. The van der Waals surface area contributed by atoms with Gasteiger partial charge >= 0.3 is 0 Å². The molecule has 3 unspecified atom stereocenters. The van der Waals surface area contributed by atoms with Gasteiger partial charge in [-0.3, -0.25) is 0 Å². The van der Waals surface area contributed by atoms with E-state index in [9.17, 15) is 5.11 Å². The molecule has 0 saturated heterocycles. The minimum absolute atomic E-state index is 0.0544. The van der Waals surface area contributed by atoms with Gasteiger partial charge in [-0.25, -0.2) is 0 Å². The largest absolute Gasteiger partial charge is 0.392 e. The van der Waals surface area contributed by atoms with Gasteiger partial charge in [0.05, 0.1) is 6.10 Å². The number of fused-ring (bicyclic) bond motifs is 2. The number of hydrogen-bond acceptors (Lipinski definition) is 1. The van der Waals surface area contributed by atoms with Gasteiger partial charge in [0.25, 0.3) is 0 Å². The van der Waals surface area contributed by atoms with Gasteiger partial charge in [0.1, 0.15) is 0 Å². The summed E-state index contributed by atoms with van der Waals surface area (Å²) in [5.74, 6) is 0.679. The van der Waals surface area contributed by atoms with E-state index in [1.165, 1.54) is 19.3 Å². The topological polar surface area (TPSA) is 20.2 Å². The van der Waals surface area contributed by atoms with E-state index in [1.54, 1.807) is 0 Å². The predicted octanol–water partition coefficient (Wildman–Crippen LogP) is 2.50. The maximum atomic E-state index is 9.93. The molecule has 1 nitrogen and oxygen atoms in total. The van der Waals surface area contributed by atoms with Gasteiger partial charge in [-0.05, 0) is 31.6 Å². The van der Waals surface area contributed by atoms with Crippen LogP contribution < -0.4 is 0 Å². The molecule has 3 aliphatic rings. The lowest BCUT2D eigenvalue weighted by atomic mass is 9.62. The minimum Gasteiger partial charge on any atom is -0.392 e. The van der Waals surface area contributed by atoms with E-state index in [2.05, 4.69) is 19.1 Å². The number of aliphatic hydroxyl groups is 1. The van der Waals surface area contributed by atoms with Gasteiger partial charge in [0.15, 0.2) is 0 Å². The standard InChI is InChI=1S/C11H18O/c1-2-5-11-6-3-9(4-7-11)8-10(11)12/h3,6,9-10,12H,2,4-5,7-8H2,1H3.